The van der Waals surface area contributed by atoms with Gasteiger partial charge in [-0.15, -0.1) is 0 Å². The van der Waals surface area contributed by atoms with E-state index in [1.54, 1.807) is 7.11 Å². The van der Waals surface area contributed by atoms with Gasteiger partial charge in [0.15, 0.2) is 0 Å². The molecule has 3 nitrogen and oxygen atoms in total. The lowest BCUT2D eigenvalue weighted by atomic mass is 10.1. The molecule has 0 unspecified atom stereocenters. The van der Waals surface area contributed by atoms with E-state index in [0.29, 0.717) is 6.61 Å². The van der Waals surface area contributed by atoms with E-state index in [1.807, 2.05) is 13.8 Å². The summed E-state index contributed by atoms with van der Waals surface area (Å²) in [5, 5.41) is 3.44. The fourth-order valence-corrected chi connectivity index (χ4v) is 1.75. The summed E-state index contributed by atoms with van der Waals surface area (Å²) in [5.74, 6) is 0. The molecule has 0 spiro atoms. The van der Waals surface area contributed by atoms with Crippen LogP contribution in [-0.4, -0.2) is 26.4 Å². The summed E-state index contributed by atoms with van der Waals surface area (Å²) in [7, 11) is 1.75. The van der Waals surface area contributed by atoms with Crippen molar-refractivity contribution >= 4 is 0 Å². The molecule has 0 saturated carbocycles. The summed E-state index contributed by atoms with van der Waals surface area (Å²) in [4.78, 5) is 0. The molecular weight excluding hydrogens is 262 g/mol. The summed E-state index contributed by atoms with van der Waals surface area (Å²) >= 11 is 0. The van der Waals surface area contributed by atoms with Crippen molar-refractivity contribution in [2.45, 2.75) is 59.8 Å². The molecule has 1 rings (SSSR count). The molecule has 0 atom stereocenters. The molecule has 0 fully saturated rings. The van der Waals surface area contributed by atoms with Gasteiger partial charge in [-0.1, -0.05) is 38.1 Å². The summed E-state index contributed by atoms with van der Waals surface area (Å²) in [6.07, 6.45) is 2.57. The van der Waals surface area contributed by atoms with Gasteiger partial charge >= 0.3 is 0 Å². The Balaban J connectivity index is 0.00000191. The van der Waals surface area contributed by atoms with Crippen molar-refractivity contribution < 1.29 is 9.47 Å². The van der Waals surface area contributed by atoms with Crippen molar-refractivity contribution in [1.29, 1.82) is 0 Å². The average Bonchev–Trinajstić information content (AvgIpc) is 2.52. The normalized spacial score (nSPS) is 10.4. The molecule has 0 amide bonds. The summed E-state index contributed by atoms with van der Waals surface area (Å²) in [6.45, 7) is 11.6. The second kappa shape index (κ2) is 14.1. The Morgan fingerprint density at radius 3 is 2.19 bits per heavy atom. The highest BCUT2D eigenvalue weighted by Crippen LogP contribution is 2.07. The fraction of sp³-hybridized carbons (Fsp3) is 0.667. The van der Waals surface area contributed by atoms with E-state index >= 15 is 0 Å². The van der Waals surface area contributed by atoms with Crippen molar-refractivity contribution in [2.24, 2.45) is 0 Å². The van der Waals surface area contributed by atoms with Crippen molar-refractivity contribution in [2.75, 3.05) is 20.3 Å². The highest BCUT2D eigenvalue weighted by Gasteiger charge is 1.97. The summed E-state index contributed by atoms with van der Waals surface area (Å²) in [6, 6.07) is 8.62. The highest BCUT2D eigenvalue weighted by molar-refractivity contribution is 5.21. The lowest BCUT2D eigenvalue weighted by molar-refractivity contribution is 0.0657. The summed E-state index contributed by atoms with van der Waals surface area (Å²) in [5.41, 5.74) is 2.55. The Morgan fingerprint density at radius 1 is 1.00 bits per heavy atom. The maximum Gasteiger partial charge on any atom is 0.0720 e. The molecule has 122 valence electrons. The van der Waals surface area contributed by atoms with Crippen molar-refractivity contribution in [3.05, 3.63) is 35.4 Å². The second-order valence-corrected chi connectivity index (χ2v) is 5.05. The predicted molar refractivity (Wildman–Crippen MR) is 90.5 cm³/mol. The van der Waals surface area contributed by atoms with Crippen LogP contribution in [0.4, 0.5) is 0 Å². The van der Waals surface area contributed by atoms with Crippen LogP contribution in [0, 0.1) is 0 Å². The SMILES string of the molecule is CC.COCCCCNCc1ccc(COC(C)C)cc1. The molecule has 21 heavy (non-hydrogen) atoms. The average molecular weight is 295 g/mol. The van der Waals surface area contributed by atoms with Gasteiger partial charge in [0, 0.05) is 20.3 Å². The lowest BCUT2D eigenvalue weighted by Gasteiger charge is -2.09. The minimum Gasteiger partial charge on any atom is -0.385 e. The van der Waals surface area contributed by atoms with Gasteiger partial charge in [0.05, 0.1) is 12.7 Å². The number of ether oxygens (including phenoxy) is 2. The fourth-order valence-electron chi connectivity index (χ4n) is 1.75. The van der Waals surface area contributed by atoms with E-state index in [4.69, 9.17) is 9.47 Å². The Bertz CT molecular complexity index is 322. The molecular formula is C18H33NO2. The van der Waals surface area contributed by atoms with Gasteiger partial charge in [0.2, 0.25) is 0 Å². The Hall–Kier alpha value is -0.900. The van der Waals surface area contributed by atoms with Crippen LogP contribution in [0.25, 0.3) is 0 Å². The number of hydrogen-bond acceptors (Lipinski definition) is 3. The first-order valence-electron chi connectivity index (χ1n) is 8.11. The number of benzene rings is 1. The van der Waals surface area contributed by atoms with Gasteiger partial charge in [-0.2, -0.15) is 0 Å². The van der Waals surface area contributed by atoms with Crippen molar-refractivity contribution in [1.82, 2.24) is 5.32 Å². The first-order valence-corrected chi connectivity index (χ1v) is 8.11. The molecule has 1 aromatic rings. The molecule has 3 heteroatoms. The molecule has 0 bridgehead atoms. The van der Waals surface area contributed by atoms with Gasteiger partial charge < -0.3 is 14.8 Å². The van der Waals surface area contributed by atoms with Gasteiger partial charge in [0.1, 0.15) is 0 Å². The Labute approximate surface area is 131 Å². The van der Waals surface area contributed by atoms with Crippen LogP contribution >= 0.6 is 0 Å². The van der Waals surface area contributed by atoms with Crippen molar-refractivity contribution in [3.63, 3.8) is 0 Å². The molecule has 0 radical (unpaired) electrons. The van der Waals surface area contributed by atoms with Crippen LogP contribution in [0.2, 0.25) is 0 Å². The van der Waals surface area contributed by atoms with Crippen LogP contribution in [-0.2, 0) is 22.6 Å². The van der Waals surface area contributed by atoms with Crippen LogP contribution in [0.3, 0.4) is 0 Å². The Kier molecular flexibility index (Phi) is 13.5. The van der Waals surface area contributed by atoms with E-state index in [9.17, 15) is 0 Å². The smallest absolute Gasteiger partial charge is 0.0720 e. The van der Waals surface area contributed by atoms with Gasteiger partial charge in [-0.05, 0) is 44.4 Å². The maximum absolute atomic E-state index is 5.58. The zero-order chi connectivity index (χ0) is 15.9. The number of unbranched alkanes of at least 4 members (excludes halogenated alkanes) is 1. The number of nitrogens with one attached hydrogen (secondary N) is 1. The molecule has 1 N–H and O–H groups in total. The van der Waals surface area contributed by atoms with E-state index in [1.165, 1.54) is 11.1 Å². The third-order valence-corrected chi connectivity index (χ3v) is 2.89. The topological polar surface area (TPSA) is 30.5 Å². The molecule has 0 aliphatic heterocycles. The summed E-state index contributed by atoms with van der Waals surface area (Å²) < 4.78 is 10.6. The van der Waals surface area contributed by atoms with E-state index in [0.717, 1.165) is 32.5 Å². The van der Waals surface area contributed by atoms with Crippen LogP contribution in [0.1, 0.15) is 51.7 Å². The molecule has 0 aliphatic carbocycles. The monoisotopic (exact) mass is 295 g/mol. The standard InChI is InChI=1S/C16H27NO2.C2H6/c1-14(2)19-13-16-8-6-15(7-9-16)12-17-10-4-5-11-18-3;1-2/h6-9,14,17H,4-5,10-13H2,1-3H3;1-2H3. The van der Waals surface area contributed by atoms with Gasteiger partial charge in [-0.25, -0.2) is 0 Å². The Morgan fingerprint density at radius 2 is 1.62 bits per heavy atom. The molecule has 0 saturated heterocycles. The third-order valence-electron chi connectivity index (χ3n) is 2.89. The quantitative estimate of drug-likeness (QED) is 0.658. The van der Waals surface area contributed by atoms with Crippen molar-refractivity contribution in [3.8, 4) is 0 Å². The maximum atomic E-state index is 5.58. The van der Waals surface area contributed by atoms with Crippen LogP contribution < -0.4 is 5.32 Å². The zero-order valence-corrected chi connectivity index (χ0v) is 14.4. The van der Waals surface area contributed by atoms with E-state index in [-0.39, 0.29) is 6.10 Å². The van der Waals surface area contributed by atoms with Crippen LogP contribution in [0.15, 0.2) is 24.3 Å². The molecule has 0 heterocycles. The van der Waals surface area contributed by atoms with Gasteiger partial charge in [0.25, 0.3) is 0 Å². The minimum atomic E-state index is 0.286. The number of methoxy groups -OCH3 is 1. The third kappa shape index (κ3) is 11.4. The molecule has 1 aromatic carbocycles. The lowest BCUT2D eigenvalue weighted by Crippen LogP contribution is -2.15. The van der Waals surface area contributed by atoms with E-state index < -0.39 is 0 Å². The molecule has 0 aromatic heterocycles. The van der Waals surface area contributed by atoms with Crippen LogP contribution in [0.5, 0.6) is 0 Å². The van der Waals surface area contributed by atoms with E-state index in [2.05, 4.69) is 43.4 Å². The molecule has 0 aliphatic rings. The number of hydrogen-bond donors (Lipinski definition) is 1. The second-order valence-electron chi connectivity index (χ2n) is 5.05. The zero-order valence-electron chi connectivity index (χ0n) is 14.4. The highest BCUT2D eigenvalue weighted by atomic mass is 16.5. The largest absolute Gasteiger partial charge is 0.385 e. The predicted octanol–water partition coefficient (Wildman–Crippen LogP) is 4.15. The first-order chi connectivity index (χ1) is 10.2. The number of rotatable bonds is 10. The van der Waals surface area contributed by atoms with Gasteiger partial charge in [-0.3, -0.25) is 0 Å². The minimum absolute atomic E-state index is 0.286. The first kappa shape index (κ1) is 20.1.